The van der Waals surface area contributed by atoms with E-state index in [4.69, 9.17) is 15.7 Å². The molecule has 0 spiro atoms. The smallest absolute Gasteiger partial charge is 0.137 e. The molecule has 3 aromatic heterocycles. The van der Waals surface area contributed by atoms with Crippen molar-refractivity contribution in [2.75, 3.05) is 0 Å². The van der Waals surface area contributed by atoms with E-state index < -0.39 is 0 Å². The van der Waals surface area contributed by atoms with Crippen LogP contribution in [0.4, 0.5) is 0 Å². The van der Waals surface area contributed by atoms with Gasteiger partial charge in [0.25, 0.3) is 0 Å². The van der Waals surface area contributed by atoms with Crippen LogP contribution in [-0.4, -0.2) is 19.4 Å². The molecule has 0 aliphatic heterocycles. The van der Waals surface area contributed by atoms with Crippen LogP contribution in [-0.2, 0) is 0 Å². The second-order valence-electron chi connectivity index (χ2n) is 3.08. The van der Waals surface area contributed by atoms with Crippen LogP contribution < -0.4 is 0 Å². The quantitative estimate of drug-likeness (QED) is 0.607. The molecule has 0 bridgehead atoms. The van der Waals surface area contributed by atoms with Gasteiger partial charge in [0.1, 0.15) is 17.1 Å². The Balaban J connectivity index is 2.41. The average molecular weight is 234 g/mol. The molecule has 0 aromatic carbocycles. The van der Waals surface area contributed by atoms with Gasteiger partial charge in [-0.25, -0.2) is 15.0 Å². The topological polar surface area (TPSA) is 43.1 Å². The molecule has 3 aromatic rings. The highest BCUT2D eigenvalue weighted by molar-refractivity contribution is 6.29. The fraction of sp³-hybridized carbons (Fsp3) is 0. The molecule has 0 amide bonds. The van der Waals surface area contributed by atoms with E-state index in [0.717, 1.165) is 0 Å². The van der Waals surface area contributed by atoms with Crippen molar-refractivity contribution >= 4 is 17.2 Å². The predicted octanol–water partition coefficient (Wildman–Crippen LogP) is 2.44. The lowest BCUT2D eigenvalue weighted by molar-refractivity contribution is 1.16. The van der Waals surface area contributed by atoms with E-state index in [9.17, 15) is 0 Å². The van der Waals surface area contributed by atoms with Crippen LogP contribution in [0.3, 0.4) is 0 Å². The van der Waals surface area contributed by atoms with Gasteiger partial charge in [0.05, 0.1) is 9.81 Å². The minimum Gasteiger partial charge on any atom is -0.307 e. The number of imidazole rings is 1. The first-order valence-corrected chi connectivity index (χ1v) is 4.88. The first-order valence-electron chi connectivity index (χ1n) is 6.00. The summed E-state index contributed by atoms with van der Waals surface area (Å²) in [6.07, 6.45) is 4.25. The summed E-state index contributed by atoms with van der Waals surface area (Å²) in [5.74, 6) is 0. The van der Waals surface area contributed by atoms with Gasteiger partial charge in [-0.15, -0.1) is 0 Å². The molecule has 3 heterocycles. The van der Waals surface area contributed by atoms with Gasteiger partial charge in [-0.2, -0.15) is 0 Å². The Kier molecular flexibility index (Phi) is 1.47. The molecule has 0 N–H and O–H groups in total. The number of fused-ring (bicyclic) bond motifs is 1. The second-order valence-corrected chi connectivity index (χ2v) is 3.47. The summed E-state index contributed by atoms with van der Waals surface area (Å²) in [4.78, 5) is 11.8. The lowest BCUT2D eigenvalue weighted by Crippen LogP contribution is -1.88. The number of hydrogen-bond acceptors (Lipinski definition) is 3. The molecule has 0 atom stereocenters. The Hall–Kier alpha value is -1.94. The highest BCUT2D eigenvalue weighted by Gasteiger charge is 2.02. The monoisotopic (exact) mass is 233 g/mol. The molecule has 5 heteroatoms. The fourth-order valence-corrected chi connectivity index (χ4v) is 1.49. The third-order valence-electron chi connectivity index (χ3n) is 2.07. The van der Waals surface area contributed by atoms with Crippen molar-refractivity contribution in [1.82, 2.24) is 19.4 Å². The van der Waals surface area contributed by atoms with E-state index in [1.165, 1.54) is 23.0 Å². The van der Waals surface area contributed by atoms with Crippen molar-refractivity contribution < 1.29 is 4.11 Å². The Labute approximate surface area is 101 Å². The summed E-state index contributed by atoms with van der Waals surface area (Å²) in [5.41, 5.74) is 0.882. The zero-order valence-corrected chi connectivity index (χ0v) is 8.73. The lowest BCUT2D eigenvalue weighted by Gasteiger charge is -2.01. The lowest BCUT2D eigenvalue weighted by atomic mass is 10.2. The zero-order valence-electron chi connectivity index (χ0n) is 11.0. The number of halogens is 1. The number of pyridine rings is 1. The summed E-state index contributed by atoms with van der Waals surface area (Å²) in [5, 5.41) is 0.221. The normalized spacial score (nSPS) is 13.4. The maximum absolute atomic E-state index is 8.11. The first kappa shape index (κ1) is 6.60. The van der Waals surface area contributed by atoms with Gasteiger partial charge in [0.2, 0.25) is 0 Å². The third-order valence-corrected chi connectivity index (χ3v) is 2.28. The summed E-state index contributed by atoms with van der Waals surface area (Å²) in [7, 11) is 0. The highest BCUT2D eigenvalue weighted by Crippen LogP contribution is 2.19. The molecule has 0 aliphatic rings. The van der Waals surface area contributed by atoms with Crippen molar-refractivity contribution in [3.63, 3.8) is 0 Å². The van der Waals surface area contributed by atoms with Crippen molar-refractivity contribution in [2.45, 2.75) is 0 Å². The Morgan fingerprint density at radius 3 is 3.12 bits per heavy atom. The molecule has 3 rings (SSSR count). The van der Waals surface area contributed by atoms with Gasteiger partial charge >= 0.3 is 0 Å². The van der Waals surface area contributed by atoms with E-state index in [-0.39, 0.29) is 29.0 Å². The maximum Gasteiger partial charge on any atom is 0.137 e. The molecule has 4 nitrogen and oxygen atoms in total. The van der Waals surface area contributed by atoms with Gasteiger partial charge in [0.15, 0.2) is 0 Å². The largest absolute Gasteiger partial charge is 0.307 e. The van der Waals surface area contributed by atoms with Crippen LogP contribution in [0.2, 0.25) is 5.15 Å². The molecule has 16 heavy (non-hydrogen) atoms. The van der Waals surface area contributed by atoms with Gasteiger partial charge < -0.3 is 4.40 Å². The van der Waals surface area contributed by atoms with Gasteiger partial charge in [-0.3, -0.25) is 0 Å². The summed E-state index contributed by atoms with van der Waals surface area (Å²) >= 11 is 5.80. The fourth-order valence-electron chi connectivity index (χ4n) is 1.34. The van der Waals surface area contributed by atoms with Crippen molar-refractivity contribution in [1.29, 1.82) is 0 Å². The number of hydrogen-bond donors (Lipinski definition) is 0. The zero-order chi connectivity index (χ0) is 13.6. The van der Waals surface area contributed by atoms with E-state index in [0.29, 0.717) is 11.3 Å². The Morgan fingerprint density at radius 2 is 2.25 bits per heavy atom. The van der Waals surface area contributed by atoms with E-state index >= 15 is 0 Å². The molecule has 0 saturated carbocycles. The molecule has 0 aliphatic carbocycles. The summed E-state index contributed by atoms with van der Waals surface area (Å²) in [6, 6.07) is 1.41. The van der Waals surface area contributed by atoms with Gasteiger partial charge in [-0.1, -0.05) is 11.6 Å². The number of aromatic nitrogens is 4. The highest BCUT2D eigenvalue weighted by atomic mass is 35.5. The standard InChI is InChI=1S/C11H7ClN4/c12-10-6-9(14-7-15-10)8-1-3-16-4-2-13-11(16)5-8/h1-7H/i1D,3D,5D. The van der Waals surface area contributed by atoms with E-state index in [1.54, 1.807) is 6.20 Å². The third kappa shape index (κ3) is 1.53. The molecular weight excluding hydrogens is 224 g/mol. The average Bonchev–Trinajstić information content (AvgIpc) is 2.86. The van der Waals surface area contributed by atoms with Crippen molar-refractivity contribution in [3.05, 3.63) is 48.2 Å². The minimum absolute atomic E-state index is 0.0424. The van der Waals surface area contributed by atoms with Crippen LogP contribution >= 0.6 is 11.6 Å². The SMILES string of the molecule is [2H]c1c(-c2cc(Cl)ncn2)c([2H])c2nccn2c1[2H]. The van der Waals surface area contributed by atoms with Crippen LogP contribution in [0.1, 0.15) is 4.11 Å². The summed E-state index contributed by atoms with van der Waals surface area (Å²) in [6.45, 7) is 0. The molecule has 0 unspecified atom stereocenters. The number of rotatable bonds is 1. The van der Waals surface area contributed by atoms with Crippen LogP contribution in [0.25, 0.3) is 16.9 Å². The molecule has 0 radical (unpaired) electrons. The van der Waals surface area contributed by atoms with Crippen molar-refractivity contribution in [3.8, 4) is 11.3 Å². The number of nitrogens with zero attached hydrogens (tertiary/aromatic N) is 4. The Bertz CT molecular complexity index is 787. The minimum atomic E-state index is -0.0923. The second kappa shape index (κ2) is 3.57. The first-order chi connectivity index (χ1) is 9.09. The Morgan fingerprint density at radius 1 is 1.31 bits per heavy atom. The van der Waals surface area contributed by atoms with Crippen LogP contribution in [0.15, 0.2) is 43.0 Å². The van der Waals surface area contributed by atoms with Crippen molar-refractivity contribution in [2.24, 2.45) is 0 Å². The predicted molar refractivity (Wildman–Crippen MR) is 61.2 cm³/mol. The molecular formula is C11H7ClN4. The van der Waals surface area contributed by atoms with E-state index in [2.05, 4.69) is 15.0 Å². The molecule has 0 saturated heterocycles. The van der Waals surface area contributed by atoms with Gasteiger partial charge in [-0.05, 0) is 12.1 Å². The molecule has 78 valence electrons. The molecule has 0 fully saturated rings. The van der Waals surface area contributed by atoms with Crippen LogP contribution in [0.5, 0.6) is 0 Å². The summed E-state index contributed by atoms with van der Waals surface area (Å²) < 4.78 is 25.4. The van der Waals surface area contributed by atoms with E-state index in [1.807, 2.05) is 0 Å². The van der Waals surface area contributed by atoms with Gasteiger partial charge in [0, 0.05) is 30.2 Å². The van der Waals surface area contributed by atoms with Crippen LogP contribution in [0, 0.1) is 0 Å². The maximum atomic E-state index is 8.11.